The van der Waals surface area contributed by atoms with Crippen LogP contribution in [0.2, 0.25) is 0 Å². The van der Waals surface area contributed by atoms with Crippen molar-refractivity contribution in [3.63, 3.8) is 0 Å². The molecule has 0 spiro atoms. The lowest BCUT2D eigenvalue weighted by molar-refractivity contribution is 0.0473. The number of rotatable bonds is 4. The van der Waals surface area contributed by atoms with Crippen LogP contribution in [0.3, 0.4) is 0 Å². The molecule has 1 unspecified atom stereocenters. The van der Waals surface area contributed by atoms with Gasteiger partial charge in [-0.1, -0.05) is 32.9 Å². The van der Waals surface area contributed by atoms with Crippen molar-refractivity contribution in [1.82, 2.24) is 0 Å². The van der Waals surface area contributed by atoms with Crippen LogP contribution in [0.1, 0.15) is 32.8 Å². The van der Waals surface area contributed by atoms with Gasteiger partial charge in [0.2, 0.25) is 0 Å². The summed E-state index contributed by atoms with van der Waals surface area (Å²) in [5.41, 5.74) is 0.904. The van der Waals surface area contributed by atoms with Crippen LogP contribution in [0.5, 0.6) is 0 Å². The highest BCUT2D eigenvalue weighted by Crippen LogP contribution is 2.27. The summed E-state index contributed by atoms with van der Waals surface area (Å²) in [6, 6.07) is 6.48. The summed E-state index contributed by atoms with van der Waals surface area (Å²) in [6.45, 7) is 6.03. The first-order valence-corrected chi connectivity index (χ1v) is 5.38. The van der Waals surface area contributed by atoms with Gasteiger partial charge in [-0.15, -0.1) is 0 Å². The summed E-state index contributed by atoms with van der Waals surface area (Å²) < 4.78 is 12.7. The highest BCUT2D eigenvalue weighted by molar-refractivity contribution is 5.17. The van der Waals surface area contributed by atoms with Gasteiger partial charge in [0.05, 0.1) is 6.10 Å². The van der Waals surface area contributed by atoms with Crippen LogP contribution in [0, 0.1) is 11.2 Å². The molecular weight excluding hydrogens is 191 g/mol. The molecule has 1 N–H and O–H groups in total. The Labute approximate surface area is 90.9 Å². The quantitative estimate of drug-likeness (QED) is 0.809. The number of aliphatic hydroxyl groups excluding tert-OH is 1. The fourth-order valence-electron chi connectivity index (χ4n) is 1.80. The fourth-order valence-corrected chi connectivity index (χ4v) is 1.80. The fraction of sp³-hybridized carbons (Fsp3) is 0.538. The van der Waals surface area contributed by atoms with Gasteiger partial charge in [0.1, 0.15) is 5.82 Å². The van der Waals surface area contributed by atoms with E-state index in [1.54, 1.807) is 12.1 Å². The van der Waals surface area contributed by atoms with Crippen molar-refractivity contribution < 1.29 is 9.50 Å². The van der Waals surface area contributed by atoms with Crippen molar-refractivity contribution in [2.45, 2.75) is 39.7 Å². The third-order valence-electron chi connectivity index (χ3n) is 2.86. The van der Waals surface area contributed by atoms with E-state index < -0.39 is 0 Å². The molecular formula is C13H19FO. The molecule has 2 heteroatoms. The minimum atomic E-state index is -0.317. The molecule has 0 fully saturated rings. The molecule has 1 atom stereocenters. The Morgan fingerprint density at radius 3 is 2.27 bits per heavy atom. The summed E-state index contributed by atoms with van der Waals surface area (Å²) in [5.74, 6) is -0.215. The minimum absolute atomic E-state index is 0.160. The van der Waals surface area contributed by atoms with Crippen LogP contribution in [0.4, 0.5) is 4.39 Å². The van der Waals surface area contributed by atoms with Crippen molar-refractivity contribution >= 4 is 0 Å². The van der Waals surface area contributed by atoms with Crippen molar-refractivity contribution in [1.29, 1.82) is 0 Å². The summed E-state index contributed by atoms with van der Waals surface area (Å²) >= 11 is 0. The van der Waals surface area contributed by atoms with Gasteiger partial charge in [-0.25, -0.2) is 4.39 Å². The normalized spacial score (nSPS) is 13.9. The predicted molar refractivity (Wildman–Crippen MR) is 60.2 cm³/mol. The monoisotopic (exact) mass is 210 g/mol. The van der Waals surface area contributed by atoms with E-state index >= 15 is 0 Å². The largest absolute Gasteiger partial charge is 0.393 e. The molecule has 1 nitrogen and oxygen atoms in total. The first-order chi connectivity index (χ1) is 6.95. The van der Waals surface area contributed by atoms with Gasteiger partial charge in [0, 0.05) is 0 Å². The Hall–Kier alpha value is -0.890. The molecule has 0 aliphatic carbocycles. The maximum atomic E-state index is 12.7. The van der Waals surface area contributed by atoms with Gasteiger partial charge < -0.3 is 5.11 Å². The Kier molecular flexibility index (Phi) is 3.86. The topological polar surface area (TPSA) is 20.2 Å². The third kappa shape index (κ3) is 3.31. The van der Waals surface area contributed by atoms with Crippen LogP contribution in [0.15, 0.2) is 24.3 Å². The molecule has 0 aromatic heterocycles. The zero-order valence-corrected chi connectivity index (χ0v) is 9.63. The van der Waals surface area contributed by atoms with Gasteiger partial charge in [-0.3, -0.25) is 0 Å². The van der Waals surface area contributed by atoms with Crippen molar-refractivity contribution in [2.24, 2.45) is 5.41 Å². The smallest absolute Gasteiger partial charge is 0.123 e. The molecule has 15 heavy (non-hydrogen) atoms. The molecule has 0 saturated carbocycles. The van der Waals surface area contributed by atoms with Crippen molar-refractivity contribution in [3.8, 4) is 0 Å². The molecule has 0 saturated heterocycles. The van der Waals surface area contributed by atoms with Crippen LogP contribution in [0.25, 0.3) is 0 Å². The number of benzene rings is 1. The van der Waals surface area contributed by atoms with E-state index in [4.69, 9.17) is 0 Å². The Morgan fingerprint density at radius 1 is 1.27 bits per heavy atom. The van der Waals surface area contributed by atoms with Crippen LogP contribution < -0.4 is 0 Å². The van der Waals surface area contributed by atoms with E-state index in [1.165, 1.54) is 12.1 Å². The molecule has 1 rings (SSSR count). The lowest BCUT2D eigenvalue weighted by Crippen LogP contribution is -2.30. The van der Waals surface area contributed by atoms with E-state index in [1.807, 2.05) is 20.8 Å². The van der Waals surface area contributed by atoms with Crippen LogP contribution >= 0.6 is 0 Å². The zero-order valence-electron chi connectivity index (χ0n) is 9.63. The number of halogens is 1. The second kappa shape index (κ2) is 4.75. The summed E-state index contributed by atoms with van der Waals surface area (Å²) in [4.78, 5) is 0. The maximum absolute atomic E-state index is 12.7. The van der Waals surface area contributed by atoms with E-state index in [9.17, 15) is 9.50 Å². The highest BCUT2D eigenvalue weighted by Gasteiger charge is 2.26. The molecule has 0 heterocycles. The summed E-state index contributed by atoms with van der Waals surface area (Å²) in [5, 5.41) is 9.83. The minimum Gasteiger partial charge on any atom is -0.393 e. The Bertz CT molecular complexity index is 303. The molecule has 0 aliphatic rings. The highest BCUT2D eigenvalue weighted by atomic mass is 19.1. The van der Waals surface area contributed by atoms with Crippen molar-refractivity contribution in [2.75, 3.05) is 0 Å². The number of hydrogen-bond donors (Lipinski definition) is 1. The molecule has 0 radical (unpaired) electrons. The van der Waals surface area contributed by atoms with Gasteiger partial charge in [0.15, 0.2) is 0 Å². The average Bonchev–Trinajstić information content (AvgIpc) is 2.20. The molecule has 1 aromatic rings. The van der Waals surface area contributed by atoms with Crippen LogP contribution in [-0.2, 0) is 6.42 Å². The van der Waals surface area contributed by atoms with Crippen LogP contribution in [-0.4, -0.2) is 11.2 Å². The van der Waals surface area contributed by atoms with Crippen molar-refractivity contribution in [3.05, 3.63) is 35.6 Å². The van der Waals surface area contributed by atoms with E-state index in [0.717, 1.165) is 18.4 Å². The second-order valence-electron chi connectivity index (χ2n) is 4.72. The van der Waals surface area contributed by atoms with E-state index in [2.05, 4.69) is 0 Å². The Morgan fingerprint density at radius 2 is 1.80 bits per heavy atom. The van der Waals surface area contributed by atoms with Gasteiger partial charge in [-0.05, 0) is 36.0 Å². The predicted octanol–water partition coefficient (Wildman–Crippen LogP) is 3.17. The molecule has 0 aliphatic heterocycles. The first-order valence-electron chi connectivity index (χ1n) is 5.38. The molecule has 1 aromatic carbocycles. The number of aliphatic hydroxyl groups is 1. The SMILES string of the molecule is CCC(O)C(C)(C)Cc1ccc(F)cc1. The summed E-state index contributed by atoms with van der Waals surface area (Å²) in [6.07, 6.45) is 1.19. The zero-order chi connectivity index (χ0) is 11.5. The maximum Gasteiger partial charge on any atom is 0.123 e. The van der Waals surface area contributed by atoms with Gasteiger partial charge in [-0.2, -0.15) is 0 Å². The molecule has 0 amide bonds. The Balaban J connectivity index is 2.72. The lowest BCUT2D eigenvalue weighted by atomic mass is 9.79. The third-order valence-corrected chi connectivity index (χ3v) is 2.86. The van der Waals surface area contributed by atoms with Gasteiger partial charge in [0.25, 0.3) is 0 Å². The van der Waals surface area contributed by atoms with E-state index in [0.29, 0.717) is 0 Å². The first kappa shape index (κ1) is 12.2. The number of hydrogen-bond acceptors (Lipinski definition) is 1. The van der Waals surface area contributed by atoms with Gasteiger partial charge >= 0.3 is 0 Å². The molecule has 84 valence electrons. The lowest BCUT2D eigenvalue weighted by Gasteiger charge is -2.30. The summed E-state index contributed by atoms with van der Waals surface area (Å²) in [7, 11) is 0. The average molecular weight is 210 g/mol. The van der Waals surface area contributed by atoms with E-state index in [-0.39, 0.29) is 17.3 Å². The molecule has 0 bridgehead atoms. The standard InChI is InChI=1S/C13H19FO/c1-4-12(15)13(2,3)9-10-5-7-11(14)8-6-10/h5-8,12,15H,4,9H2,1-3H3. The second-order valence-corrected chi connectivity index (χ2v) is 4.72.